The fourth-order valence-corrected chi connectivity index (χ4v) is 0.405. The number of aromatic nitrogens is 2. The number of carbonyl (C=O) groups excluding carboxylic acids is 1. The summed E-state index contributed by atoms with van der Waals surface area (Å²) in [6.07, 6.45) is 2.69. The molecule has 1 aromatic rings. The molecule has 0 aliphatic carbocycles. The van der Waals surface area contributed by atoms with Crippen LogP contribution in [0.2, 0.25) is 0 Å². The average molecular weight is 636 g/mol. The number of carboxylic acid groups (broad SMARTS) is 1. The van der Waals surface area contributed by atoms with Crippen LogP contribution >= 0.6 is 0 Å². The van der Waals surface area contributed by atoms with Crippen LogP contribution in [0.15, 0.2) is 18.5 Å². The molecule has 1 heterocycles. The molecule has 0 saturated heterocycles. The van der Waals surface area contributed by atoms with Gasteiger partial charge in [0, 0.05) is 38.6 Å². The zero-order valence-electron chi connectivity index (χ0n) is 17.4. The van der Waals surface area contributed by atoms with E-state index in [1.807, 2.05) is 0 Å². The van der Waals surface area contributed by atoms with Gasteiger partial charge in [0.25, 0.3) is 0 Å². The Bertz CT molecular complexity index is 798. The van der Waals surface area contributed by atoms with E-state index in [9.17, 15) is 36.2 Å². The summed E-state index contributed by atoms with van der Waals surface area (Å²) in [5, 5.41) is 9.96. The van der Waals surface area contributed by atoms with Gasteiger partial charge in [-0.2, -0.15) is 26.3 Å². The van der Waals surface area contributed by atoms with E-state index in [0.29, 0.717) is 26.2 Å². The Hall–Kier alpha value is -1.78. The number of aromatic carboxylic acids is 1. The van der Waals surface area contributed by atoms with Gasteiger partial charge in [0.2, 0.25) is 0 Å². The number of carboxylic acids is 1. The molecular formula is C11H23CoF6N6O10S2. The first kappa shape index (κ1) is 51.0. The summed E-state index contributed by atoms with van der Waals surface area (Å²) in [6, 6.07) is 1.53. The van der Waals surface area contributed by atoms with E-state index in [2.05, 4.69) is 9.97 Å². The summed E-state index contributed by atoms with van der Waals surface area (Å²) in [4.78, 5) is 16.8. The molecule has 220 valence electrons. The molecule has 0 unspecified atom stereocenters. The van der Waals surface area contributed by atoms with Gasteiger partial charge < -0.3 is 52.9 Å². The second kappa shape index (κ2) is 24.9. The summed E-state index contributed by atoms with van der Waals surface area (Å²) < 4.78 is 118. The molecular weight excluding hydrogens is 613 g/mol. The van der Waals surface area contributed by atoms with Gasteiger partial charge in [-0.3, -0.25) is 0 Å². The van der Waals surface area contributed by atoms with Gasteiger partial charge in [-0.25, -0.2) is 26.8 Å². The van der Waals surface area contributed by atoms with Crippen LogP contribution in [0.1, 0.15) is 10.6 Å². The number of hydrogen-bond donors (Lipinski definition) is 4. The van der Waals surface area contributed by atoms with E-state index in [0.717, 1.165) is 0 Å². The average Bonchev–Trinajstić information content (AvgIpc) is 2.67. The Labute approximate surface area is 210 Å². The Morgan fingerprint density at radius 1 is 0.750 bits per heavy atom. The van der Waals surface area contributed by atoms with Crippen molar-refractivity contribution in [3.05, 3.63) is 24.3 Å². The van der Waals surface area contributed by atoms with Gasteiger partial charge >= 0.3 is 27.8 Å². The Morgan fingerprint density at radius 2 is 0.944 bits per heavy atom. The molecule has 0 aliphatic heterocycles. The minimum atomic E-state index is -6.09. The van der Waals surface area contributed by atoms with Crippen molar-refractivity contribution in [3.63, 3.8) is 0 Å². The van der Waals surface area contributed by atoms with Crippen LogP contribution in [0.5, 0.6) is 0 Å². The largest absolute Gasteiger partial charge is 3.00 e. The molecule has 25 heteroatoms. The molecule has 0 radical (unpaired) electrons. The van der Waals surface area contributed by atoms with Gasteiger partial charge in [-0.05, 0) is 6.07 Å². The molecule has 0 aromatic carbocycles. The Kier molecular flexibility index (Phi) is 35.2. The summed E-state index contributed by atoms with van der Waals surface area (Å²) in [7, 11) is -12.2. The van der Waals surface area contributed by atoms with E-state index in [1.54, 1.807) is 0 Å². The van der Waals surface area contributed by atoms with Gasteiger partial charge in [0.1, 0.15) is 5.97 Å². The maximum absolute atomic E-state index is 10.7. The van der Waals surface area contributed by atoms with Crippen molar-refractivity contribution < 1.29 is 89.9 Å². The number of nitrogens with two attached hydrogens (primary N) is 4. The normalized spacial score (nSPS) is 10.1. The molecule has 36 heavy (non-hydrogen) atoms. The smallest absolute Gasteiger partial charge is 0.741 e. The Balaban J connectivity index is -0.0000000592. The zero-order valence-corrected chi connectivity index (χ0v) is 20.1. The van der Waals surface area contributed by atoms with E-state index in [4.69, 9.17) is 48.9 Å². The van der Waals surface area contributed by atoms with Crippen LogP contribution < -0.4 is 28.0 Å². The van der Waals surface area contributed by atoms with Gasteiger partial charge in [-0.15, -0.1) is 0 Å². The maximum atomic E-state index is 10.7. The van der Waals surface area contributed by atoms with Crippen molar-refractivity contribution in [2.75, 3.05) is 26.2 Å². The van der Waals surface area contributed by atoms with Crippen molar-refractivity contribution in [3.8, 4) is 0 Å². The number of alkyl halides is 6. The Morgan fingerprint density at radius 3 is 1.03 bits per heavy atom. The fraction of sp³-hybridized carbons (Fsp3) is 0.545. The van der Waals surface area contributed by atoms with Gasteiger partial charge in [0.15, 0.2) is 26.1 Å². The molecule has 0 spiro atoms. The molecule has 1 rings (SSSR count). The SMILES string of the molecule is NCCN.NCCN.O.O.O=C([O-])c1ncccn1.O=S(=O)([O-])C(F)(F)F.O=S(=O)([O-])C(F)(F)F.[Co+3]. The summed E-state index contributed by atoms with van der Waals surface area (Å²) in [5.74, 6) is -1.63. The molecule has 0 fully saturated rings. The number of rotatable bonds is 3. The number of nitrogens with zero attached hydrogens (tertiary/aromatic N) is 2. The van der Waals surface area contributed by atoms with Crippen LogP contribution in [0, 0.1) is 0 Å². The molecule has 0 atom stereocenters. The monoisotopic (exact) mass is 636 g/mol. The third-order valence-corrected chi connectivity index (χ3v) is 2.78. The van der Waals surface area contributed by atoms with Crippen molar-refractivity contribution in [1.29, 1.82) is 0 Å². The predicted octanol–water partition coefficient (Wildman–Crippen LogP) is -4.90. The first-order chi connectivity index (χ1) is 14.6. The minimum absolute atomic E-state index is 0. The third kappa shape index (κ3) is 34.4. The summed E-state index contributed by atoms with van der Waals surface area (Å²) in [5.41, 5.74) is 8.32. The van der Waals surface area contributed by atoms with Crippen LogP contribution in [0.25, 0.3) is 0 Å². The van der Waals surface area contributed by atoms with E-state index in [1.165, 1.54) is 18.5 Å². The molecule has 0 aliphatic rings. The zero-order chi connectivity index (χ0) is 27.5. The van der Waals surface area contributed by atoms with Crippen molar-refractivity contribution in [2.24, 2.45) is 22.9 Å². The van der Waals surface area contributed by atoms with Crippen LogP contribution in [0.4, 0.5) is 26.3 Å². The van der Waals surface area contributed by atoms with Crippen molar-refractivity contribution in [1.82, 2.24) is 9.97 Å². The predicted molar refractivity (Wildman–Crippen MR) is 101 cm³/mol. The second-order valence-corrected chi connectivity index (χ2v) is 7.06. The van der Waals surface area contributed by atoms with E-state index < -0.39 is 37.2 Å². The number of halogens is 6. The second-order valence-electron chi connectivity index (χ2n) is 4.31. The van der Waals surface area contributed by atoms with Crippen LogP contribution in [-0.2, 0) is 37.0 Å². The molecule has 0 saturated carbocycles. The number of hydrogen-bond acceptors (Lipinski definition) is 14. The summed E-state index contributed by atoms with van der Waals surface area (Å²) >= 11 is 0. The summed E-state index contributed by atoms with van der Waals surface area (Å²) in [6.45, 7) is 2.39. The standard InChI is InChI=1S/C5H4N2O2.2C2H8N2.2CHF3O3S.Co.2H2O/c8-5(9)4-6-2-1-3-7-4;2*3-1-2-4;2*2-1(3,4)8(5,6)7;;;/h1-3H,(H,8,9);2*1-4H2;2*(H,5,6,7);;2*1H2/q;;;;;+3;;/p-3. The first-order valence-electron chi connectivity index (χ1n) is 7.46. The van der Waals surface area contributed by atoms with Crippen molar-refractivity contribution in [2.45, 2.75) is 11.0 Å². The minimum Gasteiger partial charge on any atom is -0.741 e. The number of carbonyl (C=O) groups is 1. The molecule has 12 N–H and O–H groups in total. The molecule has 0 amide bonds. The van der Waals surface area contributed by atoms with Gasteiger partial charge in [0.05, 0.1) is 0 Å². The third-order valence-electron chi connectivity index (χ3n) is 1.65. The molecule has 1 aromatic heterocycles. The van der Waals surface area contributed by atoms with E-state index >= 15 is 0 Å². The van der Waals surface area contributed by atoms with Gasteiger partial charge in [-0.1, -0.05) is 0 Å². The fourth-order valence-electron chi connectivity index (χ4n) is 0.405. The van der Waals surface area contributed by atoms with Crippen molar-refractivity contribution >= 4 is 26.2 Å². The molecule has 0 bridgehead atoms. The topological polar surface area (TPSA) is 347 Å². The maximum Gasteiger partial charge on any atom is 3.00 e. The molecule has 16 nitrogen and oxygen atoms in total. The van der Waals surface area contributed by atoms with E-state index in [-0.39, 0.29) is 33.6 Å². The van der Waals surface area contributed by atoms with Crippen LogP contribution in [0.3, 0.4) is 0 Å². The van der Waals surface area contributed by atoms with Crippen LogP contribution in [-0.4, -0.2) is 90.0 Å². The quantitative estimate of drug-likeness (QED) is 0.137. The first-order valence-corrected chi connectivity index (χ1v) is 10.3.